The van der Waals surface area contributed by atoms with E-state index in [0.29, 0.717) is 6.04 Å². The number of carbonyl (C=O) groups is 1. The van der Waals surface area contributed by atoms with Crippen molar-refractivity contribution in [3.63, 3.8) is 0 Å². The van der Waals surface area contributed by atoms with Crippen molar-refractivity contribution in [2.24, 2.45) is 10.8 Å². The SMILES string of the molecule is C/C(CCc1ccc2c(c1)N[C@@H](C)CC2)=N/NC(N)=O. The Morgan fingerprint density at radius 1 is 1.55 bits per heavy atom. The third kappa shape index (κ3) is 3.98. The highest BCUT2D eigenvalue weighted by atomic mass is 16.2. The molecule has 0 spiro atoms. The van der Waals surface area contributed by atoms with Crippen molar-refractivity contribution in [2.75, 3.05) is 5.32 Å². The standard InChI is InChI=1S/C15H22N4O/c1-10-4-7-13-8-6-12(9-14(13)17-10)5-3-11(2)18-19-15(16)20/h6,8-10,17H,3-5,7H2,1-2H3,(H3,16,19,20)/b18-11-/t10-/m0/s1. The summed E-state index contributed by atoms with van der Waals surface area (Å²) in [5.41, 5.74) is 12.0. The molecule has 0 aromatic heterocycles. The van der Waals surface area contributed by atoms with Gasteiger partial charge in [-0.3, -0.25) is 0 Å². The van der Waals surface area contributed by atoms with Crippen molar-refractivity contribution < 1.29 is 4.79 Å². The molecule has 108 valence electrons. The molecular formula is C15H22N4O. The van der Waals surface area contributed by atoms with E-state index in [-0.39, 0.29) is 0 Å². The maximum Gasteiger partial charge on any atom is 0.332 e. The summed E-state index contributed by atoms with van der Waals surface area (Å²) in [5.74, 6) is 0. The van der Waals surface area contributed by atoms with Crippen molar-refractivity contribution in [3.8, 4) is 0 Å². The van der Waals surface area contributed by atoms with Gasteiger partial charge in [0.15, 0.2) is 0 Å². The lowest BCUT2D eigenvalue weighted by Crippen LogP contribution is -2.25. The molecule has 1 aromatic carbocycles. The number of nitrogens with two attached hydrogens (primary N) is 1. The van der Waals surface area contributed by atoms with Crippen molar-refractivity contribution in [3.05, 3.63) is 29.3 Å². The minimum absolute atomic E-state index is 0.542. The summed E-state index contributed by atoms with van der Waals surface area (Å²) in [6.07, 6.45) is 4.04. The molecule has 4 N–H and O–H groups in total. The van der Waals surface area contributed by atoms with E-state index >= 15 is 0 Å². The highest BCUT2D eigenvalue weighted by Crippen LogP contribution is 2.26. The van der Waals surface area contributed by atoms with Crippen LogP contribution in [0.5, 0.6) is 0 Å². The van der Waals surface area contributed by atoms with E-state index in [0.717, 1.165) is 25.0 Å². The molecule has 0 fully saturated rings. The molecule has 0 aliphatic carbocycles. The Labute approximate surface area is 119 Å². The fourth-order valence-corrected chi connectivity index (χ4v) is 2.37. The molecule has 0 saturated heterocycles. The van der Waals surface area contributed by atoms with Crippen LogP contribution >= 0.6 is 0 Å². The van der Waals surface area contributed by atoms with Gasteiger partial charge in [0.2, 0.25) is 0 Å². The number of nitrogens with one attached hydrogen (secondary N) is 2. The van der Waals surface area contributed by atoms with E-state index in [1.54, 1.807) is 0 Å². The van der Waals surface area contributed by atoms with Gasteiger partial charge in [0.1, 0.15) is 0 Å². The van der Waals surface area contributed by atoms with Gasteiger partial charge in [0.25, 0.3) is 0 Å². The molecule has 1 atom stereocenters. The number of hydrazone groups is 1. The number of urea groups is 1. The maximum absolute atomic E-state index is 10.6. The van der Waals surface area contributed by atoms with Crippen LogP contribution in [0.25, 0.3) is 0 Å². The third-order valence-corrected chi connectivity index (χ3v) is 3.56. The van der Waals surface area contributed by atoms with Crippen molar-refractivity contribution in [1.29, 1.82) is 0 Å². The number of hydrogen-bond donors (Lipinski definition) is 3. The van der Waals surface area contributed by atoms with Gasteiger partial charge in [-0.1, -0.05) is 12.1 Å². The number of primary amides is 1. The number of rotatable bonds is 4. The Hall–Kier alpha value is -2.04. The smallest absolute Gasteiger partial charge is 0.332 e. The molecule has 20 heavy (non-hydrogen) atoms. The quantitative estimate of drug-likeness (QED) is 0.582. The third-order valence-electron chi connectivity index (χ3n) is 3.56. The Balaban J connectivity index is 1.95. The van der Waals surface area contributed by atoms with Gasteiger partial charge in [-0.2, -0.15) is 5.10 Å². The number of anilines is 1. The molecule has 0 saturated carbocycles. The monoisotopic (exact) mass is 274 g/mol. The highest BCUT2D eigenvalue weighted by molar-refractivity contribution is 5.83. The van der Waals surface area contributed by atoms with Crippen LogP contribution in [-0.4, -0.2) is 17.8 Å². The van der Waals surface area contributed by atoms with Gasteiger partial charge >= 0.3 is 6.03 Å². The molecular weight excluding hydrogens is 252 g/mol. The first-order valence-electron chi connectivity index (χ1n) is 7.01. The molecule has 1 aliphatic rings. The first kappa shape index (κ1) is 14.4. The molecule has 0 unspecified atom stereocenters. The fourth-order valence-electron chi connectivity index (χ4n) is 2.37. The summed E-state index contributed by atoms with van der Waals surface area (Å²) in [6, 6.07) is 6.51. The lowest BCUT2D eigenvalue weighted by molar-refractivity contribution is 0.249. The molecule has 2 rings (SSSR count). The van der Waals surface area contributed by atoms with E-state index in [1.807, 2.05) is 6.92 Å². The van der Waals surface area contributed by atoms with E-state index < -0.39 is 6.03 Å². The van der Waals surface area contributed by atoms with Gasteiger partial charge < -0.3 is 11.1 Å². The zero-order valence-corrected chi connectivity index (χ0v) is 12.1. The zero-order chi connectivity index (χ0) is 14.5. The van der Waals surface area contributed by atoms with Crippen LogP contribution in [0.1, 0.15) is 37.8 Å². The number of carbonyl (C=O) groups excluding carboxylic acids is 1. The summed E-state index contributed by atoms with van der Waals surface area (Å²) < 4.78 is 0. The van der Waals surface area contributed by atoms with Gasteiger partial charge in [-0.05, 0) is 56.7 Å². The zero-order valence-electron chi connectivity index (χ0n) is 12.1. The molecule has 1 aromatic rings. The van der Waals surface area contributed by atoms with Crippen molar-refractivity contribution >= 4 is 17.4 Å². The van der Waals surface area contributed by atoms with E-state index in [4.69, 9.17) is 5.73 Å². The number of hydrogen-bond acceptors (Lipinski definition) is 3. The summed E-state index contributed by atoms with van der Waals surface area (Å²) >= 11 is 0. The predicted molar refractivity (Wildman–Crippen MR) is 82.0 cm³/mol. The summed E-state index contributed by atoms with van der Waals surface area (Å²) in [6.45, 7) is 4.09. The molecule has 5 nitrogen and oxygen atoms in total. The second-order valence-corrected chi connectivity index (χ2v) is 5.40. The van der Waals surface area contributed by atoms with Gasteiger partial charge in [-0.25, -0.2) is 10.2 Å². The number of aryl methyl sites for hydroxylation is 2. The van der Waals surface area contributed by atoms with Gasteiger partial charge in [0.05, 0.1) is 0 Å². The largest absolute Gasteiger partial charge is 0.382 e. The average molecular weight is 274 g/mol. The van der Waals surface area contributed by atoms with Gasteiger partial charge in [-0.15, -0.1) is 0 Å². The number of amides is 2. The maximum atomic E-state index is 10.6. The second kappa shape index (κ2) is 6.41. The number of nitrogens with zero attached hydrogens (tertiary/aromatic N) is 1. The fraction of sp³-hybridized carbons (Fsp3) is 0.467. The summed E-state index contributed by atoms with van der Waals surface area (Å²) in [7, 11) is 0. The lowest BCUT2D eigenvalue weighted by atomic mass is 9.96. The van der Waals surface area contributed by atoms with Crippen LogP contribution < -0.4 is 16.5 Å². The minimum atomic E-state index is -0.628. The van der Waals surface area contributed by atoms with Crippen LogP contribution in [-0.2, 0) is 12.8 Å². The Bertz CT molecular complexity index is 525. The molecule has 5 heteroatoms. The molecule has 1 aliphatic heterocycles. The van der Waals surface area contributed by atoms with E-state index in [1.165, 1.54) is 23.2 Å². The predicted octanol–water partition coefficient (Wildman–Crippen LogP) is 2.41. The van der Waals surface area contributed by atoms with E-state index in [2.05, 4.69) is 41.0 Å². The second-order valence-electron chi connectivity index (χ2n) is 5.40. The highest BCUT2D eigenvalue weighted by Gasteiger charge is 2.13. The van der Waals surface area contributed by atoms with Crippen LogP contribution in [0, 0.1) is 0 Å². The average Bonchev–Trinajstić information content (AvgIpc) is 2.42. The summed E-state index contributed by atoms with van der Waals surface area (Å²) in [5, 5.41) is 7.44. The molecule has 0 radical (unpaired) electrons. The number of benzene rings is 1. The molecule has 1 heterocycles. The summed E-state index contributed by atoms with van der Waals surface area (Å²) in [4.78, 5) is 10.6. The normalized spacial score (nSPS) is 18.1. The van der Waals surface area contributed by atoms with Crippen LogP contribution in [0.3, 0.4) is 0 Å². The Morgan fingerprint density at radius 3 is 3.10 bits per heavy atom. The molecule has 2 amide bonds. The minimum Gasteiger partial charge on any atom is -0.382 e. The van der Waals surface area contributed by atoms with Crippen LogP contribution in [0.4, 0.5) is 10.5 Å². The number of fused-ring (bicyclic) bond motifs is 1. The van der Waals surface area contributed by atoms with Crippen LogP contribution in [0.15, 0.2) is 23.3 Å². The van der Waals surface area contributed by atoms with E-state index in [9.17, 15) is 4.79 Å². The topological polar surface area (TPSA) is 79.5 Å². The molecule has 0 bridgehead atoms. The van der Waals surface area contributed by atoms with Crippen molar-refractivity contribution in [2.45, 2.75) is 45.6 Å². The first-order valence-corrected chi connectivity index (χ1v) is 7.01. The van der Waals surface area contributed by atoms with Gasteiger partial charge in [0, 0.05) is 17.4 Å². The van der Waals surface area contributed by atoms with Crippen LogP contribution in [0.2, 0.25) is 0 Å². The first-order chi connectivity index (χ1) is 9.54. The Kier molecular flexibility index (Phi) is 4.61. The lowest BCUT2D eigenvalue weighted by Gasteiger charge is -2.24. The Morgan fingerprint density at radius 2 is 2.35 bits per heavy atom. The van der Waals surface area contributed by atoms with Crippen molar-refractivity contribution in [1.82, 2.24) is 5.43 Å².